The third-order valence-electron chi connectivity index (χ3n) is 5.50. The summed E-state index contributed by atoms with van der Waals surface area (Å²) in [6.45, 7) is 0.391. The molecule has 4 nitrogen and oxygen atoms in total. The fourth-order valence-electron chi connectivity index (χ4n) is 3.61. The SMILES string of the molecule is O=C1/C(=C/c2ccc(OCc3ccc(Br)cc3)c(Cl)c2)SC(=Nc2ccc(Cl)cc2)N1c1ccc(Cl)cc1. The molecule has 4 aromatic rings. The van der Waals surface area contributed by atoms with Crippen molar-refractivity contribution in [3.63, 3.8) is 0 Å². The predicted molar refractivity (Wildman–Crippen MR) is 163 cm³/mol. The van der Waals surface area contributed by atoms with E-state index in [2.05, 4.69) is 15.9 Å². The first-order valence-corrected chi connectivity index (χ1v) is 14.1. The topological polar surface area (TPSA) is 41.9 Å². The van der Waals surface area contributed by atoms with Crippen molar-refractivity contribution in [1.82, 2.24) is 0 Å². The van der Waals surface area contributed by atoms with Crippen LogP contribution in [0.25, 0.3) is 6.08 Å². The molecule has 9 heteroatoms. The second kappa shape index (κ2) is 12.0. The molecule has 0 spiro atoms. The van der Waals surface area contributed by atoms with E-state index in [9.17, 15) is 4.79 Å². The number of nitrogens with zero attached hydrogens (tertiary/aromatic N) is 2. The molecular weight excluding hydrogens is 627 g/mol. The average molecular weight is 645 g/mol. The Labute approximate surface area is 248 Å². The summed E-state index contributed by atoms with van der Waals surface area (Å²) in [6.07, 6.45) is 1.80. The zero-order chi connectivity index (χ0) is 26.6. The quantitative estimate of drug-likeness (QED) is 0.196. The molecule has 1 fully saturated rings. The van der Waals surface area contributed by atoms with Crippen LogP contribution in [-0.4, -0.2) is 11.1 Å². The lowest BCUT2D eigenvalue weighted by Gasteiger charge is -2.15. The highest BCUT2D eigenvalue weighted by Crippen LogP contribution is 2.38. The van der Waals surface area contributed by atoms with E-state index in [4.69, 9.17) is 44.5 Å². The number of amidine groups is 1. The number of carbonyl (C=O) groups is 1. The number of carbonyl (C=O) groups excluding carboxylic acids is 1. The minimum Gasteiger partial charge on any atom is -0.487 e. The normalized spacial score (nSPS) is 15.5. The van der Waals surface area contributed by atoms with Crippen LogP contribution in [0.5, 0.6) is 5.75 Å². The summed E-state index contributed by atoms with van der Waals surface area (Å²) in [4.78, 5) is 20.3. The third kappa shape index (κ3) is 6.45. The summed E-state index contributed by atoms with van der Waals surface area (Å²) >= 11 is 23.3. The van der Waals surface area contributed by atoms with Gasteiger partial charge in [0.25, 0.3) is 5.91 Å². The van der Waals surface area contributed by atoms with Crippen molar-refractivity contribution in [3.05, 3.63) is 127 Å². The number of thioether (sulfide) groups is 1. The molecule has 0 bridgehead atoms. The van der Waals surface area contributed by atoms with Crippen molar-refractivity contribution in [3.8, 4) is 5.75 Å². The second-order valence-corrected chi connectivity index (χ2v) is 11.4. The number of amides is 1. The van der Waals surface area contributed by atoms with Crippen LogP contribution >= 0.6 is 62.5 Å². The van der Waals surface area contributed by atoms with Gasteiger partial charge in [0.2, 0.25) is 0 Å². The lowest BCUT2D eigenvalue weighted by atomic mass is 10.2. The molecule has 1 aliphatic rings. The molecule has 0 radical (unpaired) electrons. The monoisotopic (exact) mass is 642 g/mol. The van der Waals surface area contributed by atoms with Crippen molar-refractivity contribution in [2.24, 2.45) is 4.99 Å². The van der Waals surface area contributed by atoms with Gasteiger partial charge in [-0.15, -0.1) is 0 Å². The Morgan fingerprint density at radius 3 is 2.18 bits per heavy atom. The average Bonchev–Trinajstić information content (AvgIpc) is 3.20. The first-order chi connectivity index (χ1) is 18.4. The van der Waals surface area contributed by atoms with Crippen LogP contribution < -0.4 is 9.64 Å². The van der Waals surface area contributed by atoms with Gasteiger partial charge in [0.1, 0.15) is 12.4 Å². The van der Waals surface area contributed by atoms with Gasteiger partial charge >= 0.3 is 0 Å². The molecule has 0 aliphatic carbocycles. The summed E-state index contributed by atoms with van der Waals surface area (Å²) in [5.41, 5.74) is 3.14. The Bertz CT molecular complexity index is 1540. The van der Waals surface area contributed by atoms with Crippen LogP contribution in [0.15, 0.2) is 105 Å². The third-order valence-corrected chi connectivity index (χ3v) is 7.80. The van der Waals surface area contributed by atoms with E-state index in [1.807, 2.05) is 30.3 Å². The Morgan fingerprint density at radius 1 is 0.868 bits per heavy atom. The summed E-state index contributed by atoms with van der Waals surface area (Å²) < 4.78 is 6.90. The van der Waals surface area contributed by atoms with E-state index in [0.717, 1.165) is 15.6 Å². The molecule has 0 unspecified atom stereocenters. The van der Waals surface area contributed by atoms with Gasteiger partial charge in [-0.05, 0) is 102 Å². The zero-order valence-corrected chi connectivity index (χ0v) is 24.2. The molecule has 4 aromatic carbocycles. The number of ether oxygens (including phenoxy) is 1. The Hall–Kier alpha value is -2.74. The van der Waals surface area contributed by atoms with Gasteiger partial charge in [-0.2, -0.15) is 0 Å². The highest BCUT2D eigenvalue weighted by atomic mass is 79.9. The summed E-state index contributed by atoms with van der Waals surface area (Å²) in [5.74, 6) is 0.367. The number of anilines is 1. The highest BCUT2D eigenvalue weighted by molar-refractivity contribution is 9.10. The molecule has 0 saturated carbocycles. The minimum absolute atomic E-state index is 0.197. The number of hydrogen-bond acceptors (Lipinski definition) is 4. The zero-order valence-electron chi connectivity index (χ0n) is 19.6. The molecule has 1 heterocycles. The predicted octanol–water partition coefficient (Wildman–Crippen LogP) is 9.80. The molecule has 1 amide bonds. The summed E-state index contributed by atoms with van der Waals surface area (Å²) in [7, 11) is 0. The van der Waals surface area contributed by atoms with E-state index in [0.29, 0.717) is 48.9 Å². The number of hydrogen-bond donors (Lipinski definition) is 0. The number of aliphatic imine (C=N–C) groups is 1. The van der Waals surface area contributed by atoms with E-state index < -0.39 is 0 Å². The number of rotatable bonds is 6. The van der Waals surface area contributed by atoms with Crippen molar-refractivity contribution < 1.29 is 9.53 Å². The van der Waals surface area contributed by atoms with E-state index in [1.54, 1.807) is 71.6 Å². The summed E-state index contributed by atoms with van der Waals surface area (Å²) in [5, 5.41) is 2.17. The van der Waals surface area contributed by atoms with Crippen LogP contribution in [0.1, 0.15) is 11.1 Å². The smallest absolute Gasteiger partial charge is 0.271 e. The molecule has 0 N–H and O–H groups in total. The Kier molecular flexibility index (Phi) is 8.46. The van der Waals surface area contributed by atoms with E-state index in [-0.39, 0.29) is 5.91 Å². The standard InChI is InChI=1S/C29H18BrCl3N2O2S/c30-20-4-1-18(2-5-20)17-37-26-14-3-19(15-25(26)33)16-27-28(36)35(24-12-8-22(32)9-13-24)29(38-27)34-23-10-6-21(31)7-11-23/h1-16H,17H2/b27-16-,34-29?. The minimum atomic E-state index is -0.197. The molecule has 0 aromatic heterocycles. The molecule has 1 saturated heterocycles. The maximum atomic E-state index is 13.5. The van der Waals surface area contributed by atoms with Crippen LogP contribution in [0.4, 0.5) is 11.4 Å². The van der Waals surface area contributed by atoms with Gasteiger partial charge in [-0.25, -0.2) is 4.99 Å². The summed E-state index contributed by atoms with van der Waals surface area (Å²) in [6, 6.07) is 27.5. The van der Waals surface area contributed by atoms with E-state index in [1.165, 1.54) is 11.8 Å². The van der Waals surface area contributed by atoms with Gasteiger partial charge in [-0.3, -0.25) is 9.69 Å². The largest absolute Gasteiger partial charge is 0.487 e. The van der Waals surface area contributed by atoms with E-state index >= 15 is 0 Å². The maximum absolute atomic E-state index is 13.5. The van der Waals surface area contributed by atoms with Crippen molar-refractivity contribution >= 4 is 91.0 Å². The van der Waals surface area contributed by atoms with Crippen LogP contribution in [0.3, 0.4) is 0 Å². The first-order valence-electron chi connectivity index (χ1n) is 11.4. The maximum Gasteiger partial charge on any atom is 0.271 e. The van der Waals surface area contributed by atoms with Crippen molar-refractivity contribution in [1.29, 1.82) is 0 Å². The lowest BCUT2D eigenvalue weighted by molar-refractivity contribution is -0.113. The van der Waals surface area contributed by atoms with Gasteiger partial charge in [0, 0.05) is 14.5 Å². The van der Waals surface area contributed by atoms with Crippen LogP contribution in [0.2, 0.25) is 15.1 Å². The van der Waals surface area contributed by atoms with Gasteiger partial charge < -0.3 is 4.74 Å². The van der Waals surface area contributed by atoms with Crippen molar-refractivity contribution in [2.75, 3.05) is 4.90 Å². The molecule has 190 valence electrons. The molecule has 1 aliphatic heterocycles. The van der Waals surface area contributed by atoms with Gasteiger partial charge in [0.15, 0.2) is 5.17 Å². The fraction of sp³-hybridized carbons (Fsp3) is 0.0345. The van der Waals surface area contributed by atoms with Gasteiger partial charge in [-0.1, -0.05) is 68.9 Å². The Morgan fingerprint density at radius 2 is 1.53 bits per heavy atom. The molecule has 38 heavy (non-hydrogen) atoms. The number of benzene rings is 4. The van der Waals surface area contributed by atoms with Crippen LogP contribution in [0, 0.1) is 0 Å². The van der Waals surface area contributed by atoms with Gasteiger partial charge in [0.05, 0.1) is 21.3 Å². The molecule has 0 atom stereocenters. The fourth-order valence-corrected chi connectivity index (χ4v) is 5.37. The highest BCUT2D eigenvalue weighted by Gasteiger charge is 2.34. The lowest BCUT2D eigenvalue weighted by Crippen LogP contribution is -2.28. The number of halogens is 4. The van der Waals surface area contributed by atoms with Crippen LogP contribution in [-0.2, 0) is 11.4 Å². The molecule has 5 rings (SSSR count). The molecular formula is C29H18BrCl3N2O2S. The second-order valence-electron chi connectivity index (χ2n) is 8.20. The van der Waals surface area contributed by atoms with Crippen molar-refractivity contribution in [2.45, 2.75) is 6.61 Å². The Balaban J connectivity index is 1.41. The first kappa shape index (κ1) is 26.9.